The van der Waals surface area contributed by atoms with Gasteiger partial charge in [-0.05, 0) is 35.0 Å². The first-order valence-electron chi connectivity index (χ1n) is 4.86. The lowest BCUT2D eigenvalue weighted by Crippen LogP contribution is -2.49. The predicted molar refractivity (Wildman–Crippen MR) is 61.6 cm³/mol. The van der Waals surface area contributed by atoms with Crippen molar-refractivity contribution in [2.45, 2.75) is 13.0 Å². The van der Waals surface area contributed by atoms with Gasteiger partial charge < -0.3 is 10.2 Å². The zero-order valence-corrected chi connectivity index (χ0v) is 9.79. The molecule has 1 fully saturated rings. The van der Waals surface area contributed by atoms with Gasteiger partial charge in [0.2, 0.25) is 0 Å². The summed E-state index contributed by atoms with van der Waals surface area (Å²) in [5.41, 5.74) is 0. The van der Waals surface area contributed by atoms with Gasteiger partial charge in [-0.25, -0.2) is 4.98 Å². The lowest BCUT2D eigenvalue weighted by atomic mass is 10.2. The van der Waals surface area contributed by atoms with Crippen LogP contribution < -0.4 is 10.2 Å². The molecule has 1 saturated heterocycles. The van der Waals surface area contributed by atoms with Crippen molar-refractivity contribution < 1.29 is 0 Å². The van der Waals surface area contributed by atoms with Crippen LogP contribution in [0.4, 0.5) is 5.82 Å². The van der Waals surface area contributed by atoms with E-state index in [9.17, 15) is 0 Å². The van der Waals surface area contributed by atoms with Gasteiger partial charge in [0.1, 0.15) is 10.4 Å². The standard InChI is InChI=1S/C10H14BrN3/c1-8-7-14(6-5-12-8)10-4-2-3-9(11)13-10/h2-4,8,12H,5-7H2,1H3. The molecule has 1 aliphatic rings. The number of rotatable bonds is 1. The van der Waals surface area contributed by atoms with Crippen LogP contribution in [0.1, 0.15) is 6.92 Å². The molecular formula is C10H14BrN3. The molecule has 0 bridgehead atoms. The number of aromatic nitrogens is 1. The summed E-state index contributed by atoms with van der Waals surface area (Å²) in [4.78, 5) is 6.76. The molecular weight excluding hydrogens is 242 g/mol. The van der Waals surface area contributed by atoms with E-state index in [2.05, 4.69) is 44.1 Å². The lowest BCUT2D eigenvalue weighted by molar-refractivity contribution is 0.482. The molecule has 0 amide bonds. The van der Waals surface area contributed by atoms with Gasteiger partial charge in [-0.15, -0.1) is 0 Å². The molecule has 0 aromatic carbocycles. The molecule has 76 valence electrons. The SMILES string of the molecule is CC1CN(c2cccc(Br)n2)CCN1. The number of pyridine rings is 1. The normalized spacial score (nSPS) is 22.4. The van der Waals surface area contributed by atoms with Gasteiger partial charge in [-0.3, -0.25) is 0 Å². The fraction of sp³-hybridized carbons (Fsp3) is 0.500. The second-order valence-corrected chi connectivity index (χ2v) is 4.43. The minimum absolute atomic E-state index is 0.546. The van der Waals surface area contributed by atoms with Gasteiger partial charge in [-0.2, -0.15) is 0 Å². The second-order valence-electron chi connectivity index (χ2n) is 3.62. The number of hydrogen-bond donors (Lipinski definition) is 1. The summed E-state index contributed by atoms with van der Waals surface area (Å²) in [7, 11) is 0. The molecule has 1 aliphatic heterocycles. The van der Waals surface area contributed by atoms with E-state index in [0.29, 0.717) is 6.04 Å². The maximum atomic E-state index is 4.45. The highest BCUT2D eigenvalue weighted by Gasteiger charge is 2.16. The van der Waals surface area contributed by atoms with E-state index in [1.807, 2.05) is 12.1 Å². The van der Waals surface area contributed by atoms with Crippen LogP contribution >= 0.6 is 15.9 Å². The summed E-state index contributed by atoms with van der Waals surface area (Å²) in [6.45, 7) is 5.30. The molecule has 1 atom stereocenters. The van der Waals surface area contributed by atoms with E-state index >= 15 is 0 Å². The van der Waals surface area contributed by atoms with Gasteiger partial charge in [0.05, 0.1) is 0 Å². The van der Waals surface area contributed by atoms with Crippen molar-refractivity contribution in [2.75, 3.05) is 24.5 Å². The summed E-state index contributed by atoms with van der Waals surface area (Å²) in [6, 6.07) is 6.58. The lowest BCUT2D eigenvalue weighted by Gasteiger charge is -2.32. The average Bonchev–Trinajstić information content (AvgIpc) is 2.18. The maximum absolute atomic E-state index is 4.45. The Morgan fingerprint density at radius 2 is 2.43 bits per heavy atom. The molecule has 0 spiro atoms. The Hall–Kier alpha value is -0.610. The molecule has 4 heteroatoms. The van der Waals surface area contributed by atoms with E-state index in [0.717, 1.165) is 30.1 Å². The van der Waals surface area contributed by atoms with Gasteiger partial charge in [-0.1, -0.05) is 6.07 Å². The van der Waals surface area contributed by atoms with Crippen LogP contribution in [0, 0.1) is 0 Å². The van der Waals surface area contributed by atoms with Gasteiger partial charge in [0.15, 0.2) is 0 Å². The molecule has 2 rings (SSSR count). The number of hydrogen-bond acceptors (Lipinski definition) is 3. The molecule has 0 saturated carbocycles. The Labute approximate surface area is 92.6 Å². The monoisotopic (exact) mass is 255 g/mol. The average molecular weight is 256 g/mol. The third-order valence-electron chi connectivity index (χ3n) is 2.39. The first-order chi connectivity index (χ1) is 6.75. The van der Waals surface area contributed by atoms with Crippen molar-refractivity contribution in [3.63, 3.8) is 0 Å². The summed E-state index contributed by atoms with van der Waals surface area (Å²) >= 11 is 3.39. The van der Waals surface area contributed by atoms with Crippen LogP contribution in [0.3, 0.4) is 0 Å². The van der Waals surface area contributed by atoms with Gasteiger partial charge in [0.25, 0.3) is 0 Å². The van der Waals surface area contributed by atoms with Crippen molar-refractivity contribution >= 4 is 21.7 Å². The summed E-state index contributed by atoms with van der Waals surface area (Å²) in [5, 5.41) is 3.42. The molecule has 1 aromatic heterocycles. The van der Waals surface area contributed by atoms with Crippen molar-refractivity contribution in [3.05, 3.63) is 22.8 Å². The number of nitrogens with zero attached hydrogens (tertiary/aromatic N) is 2. The van der Waals surface area contributed by atoms with Crippen LogP contribution in [-0.2, 0) is 0 Å². The topological polar surface area (TPSA) is 28.2 Å². The third-order valence-corrected chi connectivity index (χ3v) is 2.83. The van der Waals surface area contributed by atoms with Gasteiger partial charge >= 0.3 is 0 Å². The summed E-state index contributed by atoms with van der Waals surface area (Å²) < 4.78 is 0.904. The zero-order chi connectivity index (χ0) is 9.97. The molecule has 1 unspecified atom stereocenters. The van der Waals surface area contributed by atoms with Crippen molar-refractivity contribution in [2.24, 2.45) is 0 Å². The minimum Gasteiger partial charge on any atom is -0.354 e. The fourth-order valence-electron chi connectivity index (χ4n) is 1.71. The van der Waals surface area contributed by atoms with Gasteiger partial charge in [0, 0.05) is 25.7 Å². The third kappa shape index (κ3) is 2.25. The highest BCUT2D eigenvalue weighted by atomic mass is 79.9. The minimum atomic E-state index is 0.546. The molecule has 0 aliphatic carbocycles. The quantitative estimate of drug-likeness (QED) is 0.774. The van der Waals surface area contributed by atoms with Crippen LogP contribution in [-0.4, -0.2) is 30.7 Å². The first-order valence-corrected chi connectivity index (χ1v) is 5.66. The fourth-order valence-corrected chi connectivity index (χ4v) is 2.05. The molecule has 1 aromatic rings. The largest absolute Gasteiger partial charge is 0.354 e. The first kappa shape index (κ1) is 9.93. The molecule has 14 heavy (non-hydrogen) atoms. The van der Waals surface area contributed by atoms with E-state index in [1.54, 1.807) is 0 Å². The molecule has 2 heterocycles. The van der Waals surface area contributed by atoms with Crippen LogP contribution in [0.5, 0.6) is 0 Å². The Morgan fingerprint density at radius 3 is 3.14 bits per heavy atom. The van der Waals surface area contributed by atoms with Crippen LogP contribution in [0.15, 0.2) is 22.8 Å². The Morgan fingerprint density at radius 1 is 1.57 bits per heavy atom. The Bertz CT molecular complexity index is 316. The van der Waals surface area contributed by atoms with Crippen molar-refractivity contribution in [3.8, 4) is 0 Å². The zero-order valence-electron chi connectivity index (χ0n) is 8.20. The van der Waals surface area contributed by atoms with E-state index in [4.69, 9.17) is 0 Å². The molecule has 3 nitrogen and oxygen atoms in total. The van der Waals surface area contributed by atoms with Crippen molar-refractivity contribution in [1.82, 2.24) is 10.3 Å². The van der Waals surface area contributed by atoms with E-state index in [-0.39, 0.29) is 0 Å². The number of halogens is 1. The second kappa shape index (κ2) is 4.28. The predicted octanol–water partition coefficient (Wildman–Crippen LogP) is 1.64. The van der Waals surface area contributed by atoms with Crippen molar-refractivity contribution in [1.29, 1.82) is 0 Å². The molecule has 0 radical (unpaired) electrons. The number of nitrogens with one attached hydrogen (secondary N) is 1. The summed E-state index contributed by atoms with van der Waals surface area (Å²) in [5.74, 6) is 1.06. The maximum Gasteiger partial charge on any atom is 0.129 e. The molecule has 1 N–H and O–H groups in total. The highest BCUT2D eigenvalue weighted by molar-refractivity contribution is 9.10. The highest BCUT2D eigenvalue weighted by Crippen LogP contribution is 2.16. The Balaban J connectivity index is 2.14. The van der Waals surface area contributed by atoms with E-state index in [1.165, 1.54) is 0 Å². The smallest absolute Gasteiger partial charge is 0.129 e. The number of anilines is 1. The van der Waals surface area contributed by atoms with E-state index < -0.39 is 0 Å². The Kier molecular flexibility index (Phi) is 3.03. The number of piperazine rings is 1. The van der Waals surface area contributed by atoms with Crippen LogP contribution in [0.2, 0.25) is 0 Å². The summed E-state index contributed by atoms with van der Waals surface area (Å²) in [6.07, 6.45) is 0. The van der Waals surface area contributed by atoms with Crippen LogP contribution in [0.25, 0.3) is 0 Å².